The van der Waals surface area contributed by atoms with E-state index in [1.807, 2.05) is 40.9 Å². The summed E-state index contributed by atoms with van der Waals surface area (Å²) >= 11 is 1.93. The van der Waals surface area contributed by atoms with Crippen LogP contribution in [-0.2, 0) is 11.2 Å². The van der Waals surface area contributed by atoms with E-state index in [2.05, 4.69) is 6.92 Å². The zero-order valence-corrected chi connectivity index (χ0v) is 10.9. The number of amides is 1. The van der Waals surface area contributed by atoms with E-state index < -0.39 is 0 Å². The summed E-state index contributed by atoms with van der Waals surface area (Å²) in [5, 5.41) is 0.550. The number of carbonyl (C=O) groups excluding carboxylic acids is 1. The number of nitrogens with zero attached hydrogens (tertiary/aromatic N) is 1. The minimum absolute atomic E-state index is 0.211. The van der Waals surface area contributed by atoms with E-state index >= 15 is 0 Å². The van der Waals surface area contributed by atoms with Crippen molar-refractivity contribution in [3.05, 3.63) is 29.8 Å². The first-order valence-corrected chi connectivity index (χ1v) is 6.94. The SMILES string of the molecule is CC1CN(C(=O)Cc2cccc(N)c2)CCS1. The summed E-state index contributed by atoms with van der Waals surface area (Å²) in [5.74, 6) is 1.26. The fraction of sp³-hybridized carbons (Fsp3) is 0.462. The summed E-state index contributed by atoms with van der Waals surface area (Å²) in [6.45, 7) is 3.91. The molecule has 1 fully saturated rings. The predicted octanol–water partition coefficient (Wildman–Crippen LogP) is 1.78. The number of rotatable bonds is 2. The van der Waals surface area contributed by atoms with Crippen molar-refractivity contribution in [2.24, 2.45) is 0 Å². The second-order valence-electron chi connectivity index (χ2n) is 4.44. The zero-order chi connectivity index (χ0) is 12.3. The van der Waals surface area contributed by atoms with Gasteiger partial charge in [-0.3, -0.25) is 4.79 Å². The fourth-order valence-electron chi connectivity index (χ4n) is 2.03. The highest BCUT2D eigenvalue weighted by molar-refractivity contribution is 7.99. The van der Waals surface area contributed by atoms with Crippen LogP contribution in [0.4, 0.5) is 5.69 Å². The summed E-state index contributed by atoms with van der Waals surface area (Å²) in [4.78, 5) is 14.1. The van der Waals surface area contributed by atoms with Gasteiger partial charge in [-0.1, -0.05) is 19.1 Å². The van der Waals surface area contributed by atoms with Gasteiger partial charge in [0.25, 0.3) is 0 Å². The number of hydrogen-bond donors (Lipinski definition) is 1. The van der Waals surface area contributed by atoms with Gasteiger partial charge in [-0.2, -0.15) is 11.8 Å². The average Bonchev–Trinajstić information content (AvgIpc) is 2.29. The van der Waals surface area contributed by atoms with Crippen molar-refractivity contribution in [3.8, 4) is 0 Å². The third kappa shape index (κ3) is 3.40. The van der Waals surface area contributed by atoms with Crippen LogP contribution in [0.3, 0.4) is 0 Å². The smallest absolute Gasteiger partial charge is 0.227 e. The van der Waals surface area contributed by atoms with Crippen LogP contribution in [0.5, 0.6) is 0 Å². The number of nitrogen functional groups attached to an aromatic ring is 1. The molecule has 1 saturated heterocycles. The number of anilines is 1. The highest BCUT2D eigenvalue weighted by atomic mass is 32.2. The largest absolute Gasteiger partial charge is 0.399 e. The molecule has 92 valence electrons. The van der Waals surface area contributed by atoms with E-state index in [0.29, 0.717) is 11.7 Å². The molecule has 0 aliphatic carbocycles. The third-order valence-electron chi connectivity index (χ3n) is 2.90. The van der Waals surface area contributed by atoms with Crippen molar-refractivity contribution in [3.63, 3.8) is 0 Å². The number of thioether (sulfide) groups is 1. The van der Waals surface area contributed by atoms with E-state index in [9.17, 15) is 4.79 Å². The molecule has 17 heavy (non-hydrogen) atoms. The summed E-state index contributed by atoms with van der Waals surface area (Å²) in [6, 6.07) is 7.57. The lowest BCUT2D eigenvalue weighted by Gasteiger charge is -2.30. The Labute approximate surface area is 106 Å². The van der Waals surface area contributed by atoms with Gasteiger partial charge in [0, 0.05) is 29.8 Å². The molecule has 1 aliphatic rings. The van der Waals surface area contributed by atoms with Gasteiger partial charge in [-0.05, 0) is 17.7 Å². The van der Waals surface area contributed by atoms with Crippen molar-refractivity contribution >= 4 is 23.4 Å². The Kier molecular flexibility index (Phi) is 3.94. The first kappa shape index (κ1) is 12.3. The van der Waals surface area contributed by atoms with Crippen molar-refractivity contribution in [2.45, 2.75) is 18.6 Å². The molecule has 3 nitrogen and oxygen atoms in total. The maximum Gasteiger partial charge on any atom is 0.227 e. The number of nitrogens with two attached hydrogens (primary N) is 1. The molecule has 1 aromatic carbocycles. The zero-order valence-electron chi connectivity index (χ0n) is 10.1. The quantitative estimate of drug-likeness (QED) is 0.814. The van der Waals surface area contributed by atoms with E-state index in [1.54, 1.807) is 0 Å². The summed E-state index contributed by atoms with van der Waals surface area (Å²) in [5.41, 5.74) is 7.43. The van der Waals surface area contributed by atoms with Crippen molar-refractivity contribution in [2.75, 3.05) is 24.6 Å². The summed E-state index contributed by atoms with van der Waals surface area (Å²) in [6.07, 6.45) is 0.461. The average molecular weight is 250 g/mol. The molecule has 0 spiro atoms. The molecule has 1 unspecified atom stereocenters. The molecule has 0 aromatic heterocycles. The first-order chi connectivity index (χ1) is 8.15. The van der Waals surface area contributed by atoms with Gasteiger partial charge in [-0.25, -0.2) is 0 Å². The maximum atomic E-state index is 12.1. The van der Waals surface area contributed by atoms with E-state index in [1.165, 1.54) is 0 Å². The van der Waals surface area contributed by atoms with Crippen LogP contribution in [0.1, 0.15) is 12.5 Å². The topological polar surface area (TPSA) is 46.3 Å². The minimum Gasteiger partial charge on any atom is -0.399 e. The molecule has 1 aliphatic heterocycles. The van der Waals surface area contributed by atoms with Crippen LogP contribution in [0.2, 0.25) is 0 Å². The number of benzene rings is 1. The lowest BCUT2D eigenvalue weighted by molar-refractivity contribution is -0.130. The van der Waals surface area contributed by atoms with E-state index in [-0.39, 0.29) is 5.91 Å². The molecular formula is C13H18N2OS. The summed E-state index contributed by atoms with van der Waals surface area (Å²) in [7, 11) is 0. The lowest BCUT2D eigenvalue weighted by atomic mass is 10.1. The Morgan fingerprint density at radius 2 is 2.41 bits per heavy atom. The van der Waals surface area contributed by atoms with Crippen molar-refractivity contribution in [1.29, 1.82) is 0 Å². The summed E-state index contributed by atoms with van der Waals surface area (Å²) < 4.78 is 0. The van der Waals surface area contributed by atoms with Crippen LogP contribution in [0.15, 0.2) is 24.3 Å². The van der Waals surface area contributed by atoms with Gasteiger partial charge in [0.05, 0.1) is 6.42 Å². The maximum absolute atomic E-state index is 12.1. The Balaban J connectivity index is 1.96. The third-order valence-corrected chi connectivity index (χ3v) is 4.04. The molecule has 0 saturated carbocycles. The molecule has 1 aromatic rings. The second kappa shape index (κ2) is 5.45. The van der Waals surface area contributed by atoms with Crippen LogP contribution in [0.25, 0.3) is 0 Å². The van der Waals surface area contributed by atoms with Crippen LogP contribution >= 0.6 is 11.8 Å². The second-order valence-corrected chi connectivity index (χ2v) is 5.99. The molecule has 1 atom stereocenters. The van der Waals surface area contributed by atoms with E-state index in [0.717, 1.165) is 30.1 Å². The van der Waals surface area contributed by atoms with Crippen LogP contribution in [0, 0.1) is 0 Å². The molecular weight excluding hydrogens is 232 g/mol. The minimum atomic E-state index is 0.211. The van der Waals surface area contributed by atoms with Crippen LogP contribution in [-0.4, -0.2) is 34.9 Å². The Morgan fingerprint density at radius 3 is 3.12 bits per heavy atom. The molecule has 0 radical (unpaired) electrons. The van der Waals surface area contributed by atoms with Gasteiger partial charge in [0.2, 0.25) is 5.91 Å². The van der Waals surface area contributed by atoms with Crippen molar-refractivity contribution < 1.29 is 4.79 Å². The first-order valence-electron chi connectivity index (χ1n) is 5.89. The van der Waals surface area contributed by atoms with Gasteiger partial charge >= 0.3 is 0 Å². The van der Waals surface area contributed by atoms with E-state index in [4.69, 9.17) is 5.73 Å². The van der Waals surface area contributed by atoms with Gasteiger partial charge in [-0.15, -0.1) is 0 Å². The van der Waals surface area contributed by atoms with Crippen LogP contribution < -0.4 is 5.73 Å². The Hall–Kier alpha value is -1.16. The Morgan fingerprint density at radius 1 is 1.59 bits per heavy atom. The number of hydrogen-bond acceptors (Lipinski definition) is 3. The van der Waals surface area contributed by atoms with Gasteiger partial charge in [0.15, 0.2) is 0 Å². The lowest BCUT2D eigenvalue weighted by Crippen LogP contribution is -2.41. The van der Waals surface area contributed by atoms with Gasteiger partial charge < -0.3 is 10.6 Å². The molecule has 2 N–H and O–H groups in total. The molecule has 2 rings (SSSR count). The monoisotopic (exact) mass is 250 g/mol. The normalized spacial score (nSPS) is 20.3. The Bertz CT molecular complexity index is 408. The predicted molar refractivity (Wildman–Crippen MR) is 73.1 cm³/mol. The standard InChI is InChI=1S/C13H18N2OS/c1-10-9-15(5-6-17-10)13(16)8-11-3-2-4-12(14)7-11/h2-4,7,10H,5-6,8-9,14H2,1H3. The molecule has 1 heterocycles. The number of carbonyl (C=O) groups is 1. The highest BCUT2D eigenvalue weighted by Gasteiger charge is 2.21. The highest BCUT2D eigenvalue weighted by Crippen LogP contribution is 2.18. The molecule has 1 amide bonds. The van der Waals surface area contributed by atoms with Gasteiger partial charge in [0.1, 0.15) is 0 Å². The molecule has 4 heteroatoms. The van der Waals surface area contributed by atoms with Crippen molar-refractivity contribution in [1.82, 2.24) is 4.90 Å². The molecule has 0 bridgehead atoms. The fourth-order valence-corrected chi connectivity index (χ4v) is 3.05.